The van der Waals surface area contributed by atoms with E-state index in [0.717, 1.165) is 43.7 Å². The summed E-state index contributed by atoms with van der Waals surface area (Å²) in [4.78, 5) is 20.9. The summed E-state index contributed by atoms with van der Waals surface area (Å²) in [5.74, 6) is 0.969. The van der Waals surface area contributed by atoms with Crippen molar-refractivity contribution in [1.29, 1.82) is 0 Å². The Morgan fingerprint density at radius 1 is 1.28 bits per heavy atom. The summed E-state index contributed by atoms with van der Waals surface area (Å²) in [6.45, 7) is 10.3. The molecule has 1 fully saturated rings. The largest absolute Gasteiger partial charge is 0.396 e. The molecule has 0 spiro atoms. The molecule has 2 rings (SSSR count). The summed E-state index contributed by atoms with van der Waals surface area (Å²) in [7, 11) is 0. The summed E-state index contributed by atoms with van der Waals surface area (Å²) >= 11 is 0. The van der Waals surface area contributed by atoms with Crippen LogP contribution in [-0.2, 0) is 6.54 Å². The second-order valence-corrected chi connectivity index (χ2v) is 6.85. The zero-order chi connectivity index (χ0) is 18.3. The van der Waals surface area contributed by atoms with E-state index in [9.17, 15) is 9.90 Å². The number of piperidine rings is 1. The van der Waals surface area contributed by atoms with Crippen LogP contribution in [0.2, 0.25) is 0 Å². The number of amides is 2. The molecule has 0 bridgehead atoms. The Labute approximate surface area is 151 Å². The van der Waals surface area contributed by atoms with Crippen molar-refractivity contribution >= 4 is 11.8 Å². The highest BCUT2D eigenvalue weighted by molar-refractivity contribution is 5.74. The van der Waals surface area contributed by atoms with Crippen LogP contribution in [0.5, 0.6) is 0 Å². The first-order valence-electron chi connectivity index (χ1n) is 9.41. The molecule has 2 amide bonds. The van der Waals surface area contributed by atoms with Gasteiger partial charge in [-0.15, -0.1) is 0 Å². The van der Waals surface area contributed by atoms with Crippen LogP contribution in [0.3, 0.4) is 0 Å². The predicted molar refractivity (Wildman–Crippen MR) is 101 cm³/mol. The van der Waals surface area contributed by atoms with E-state index in [1.54, 1.807) is 0 Å². The molecule has 6 heteroatoms. The number of likely N-dealkylation sites (tertiary alicyclic amines) is 1. The summed E-state index contributed by atoms with van der Waals surface area (Å²) in [6, 6.07) is 3.99. The number of hydrogen-bond acceptors (Lipinski definition) is 4. The van der Waals surface area contributed by atoms with Crippen LogP contribution >= 0.6 is 0 Å². The molecule has 1 saturated heterocycles. The highest BCUT2D eigenvalue weighted by atomic mass is 16.3. The van der Waals surface area contributed by atoms with Gasteiger partial charge >= 0.3 is 6.03 Å². The fourth-order valence-corrected chi connectivity index (χ4v) is 3.35. The van der Waals surface area contributed by atoms with Crippen molar-refractivity contribution in [3.8, 4) is 0 Å². The zero-order valence-electron chi connectivity index (χ0n) is 15.8. The number of rotatable bonds is 7. The van der Waals surface area contributed by atoms with Crippen molar-refractivity contribution in [1.82, 2.24) is 15.2 Å². The van der Waals surface area contributed by atoms with Crippen molar-refractivity contribution < 1.29 is 9.90 Å². The van der Waals surface area contributed by atoms with Crippen LogP contribution in [0, 0.1) is 5.41 Å². The van der Waals surface area contributed by atoms with Crippen molar-refractivity contribution in [2.24, 2.45) is 5.41 Å². The first-order chi connectivity index (χ1) is 12.1. The lowest BCUT2D eigenvalue weighted by Gasteiger charge is -2.40. The van der Waals surface area contributed by atoms with E-state index < -0.39 is 0 Å². The number of aliphatic hydroxyl groups excluding tert-OH is 1. The average molecular weight is 348 g/mol. The van der Waals surface area contributed by atoms with Gasteiger partial charge in [-0.2, -0.15) is 0 Å². The van der Waals surface area contributed by atoms with E-state index in [0.29, 0.717) is 19.6 Å². The van der Waals surface area contributed by atoms with Gasteiger partial charge in [-0.1, -0.05) is 13.0 Å². The molecule has 0 atom stereocenters. The van der Waals surface area contributed by atoms with Gasteiger partial charge in [0, 0.05) is 45.5 Å². The molecule has 1 aromatic rings. The average Bonchev–Trinajstić information content (AvgIpc) is 2.68. The number of anilines is 1. The molecule has 1 aliphatic rings. The monoisotopic (exact) mass is 348 g/mol. The number of carbonyl (C=O) groups excluding carboxylic acids is 1. The maximum Gasteiger partial charge on any atom is 0.317 e. The Morgan fingerprint density at radius 3 is 2.44 bits per heavy atom. The number of aliphatic hydroxyl groups is 1. The lowest BCUT2D eigenvalue weighted by molar-refractivity contribution is 0.0519. The fourth-order valence-electron chi connectivity index (χ4n) is 3.35. The number of aromatic nitrogens is 1. The maximum atomic E-state index is 12.4. The number of hydrogen-bond donors (Lipinski definition) is 2. The number of carbonyl (C=O) groups is 1. The lowest BCUT2D eigenvalue weighted by atomic mass is 9.77. The van der Waals surface area contributed by atoms with Gasteiger partial charge in [0.15, 0.2) is 0 Å². The highest BCUT2D eigenvalue weighted by Crippen LogP contribution is 2.34. The number of urea groups is 1. The fraction of sp³-hybridized carbons (Fsp3) is 0.684. The zero-order valence-corrected chi connectivity index (χ0v) is 15.8. The normalized spacial score (nSPS) is 16.6. The van der Waals surface area contributed by atoms with Crippen LogP contribution in [0.1, 0.15) is 45.6 Å². The van der Waals surface area contributed by atoms with E-state index in [1.165, 1.54) is 0 Å². The Hall–Kier alpha value is -1.82. The van der Waals surface area contributed by atoms with Crippen molar-refractivity contribution in [2.45, 2.75) is 46.6 Å². The topological polar surface area (TPSA) is 68.7 Å². The van der Waals surface area contributed by atoms with E-state index >= 15 is 0 Å². The third kappa shape index (κ3) is 4.84. The van der Waals surface area contributed by atoms with Gasteiger partial charge in [0.05, 0.1) is 0 Å². The molecular formula is C19H32N4O2. The van der Waals surface area contributed by atoms with Crippen LogP contribution < -0.4 is 10.2 Å². The summed E-state index contributed by atoms with van der Waals surface area (Å²) in [5.41, 5.74) is 1.00. The molecule has 25 heavy (non-hydrogen) atoms. The predicted octanol–water partition coefficient (Wildman–Crippen LogP) is 2.62. The highest BCUT2D eigenvalue weighted by Gasteiger charge is 2.33. The minimum atomic E-state index is -0.0320. The number of nitrogens with one attached hydrogen (secondary N) is 1. The number of nitrogens with zero attached hydrogens (tertiary/aromatic N) is 3. The first kappa shape index (κ1) is 19.5. The SMILES string of the molecule is CCN(CC)c1ccc(CNC(=O)N2CCC(CC)(CO)CC2)cn1. The maximum absolute atomic E-state index is 12.4. The number of pyridine rings is 1. The minimum Gasteiger partial charge on any atom is -0.396 e. The van der Waals surface area contributed by atoms with Gasteiger partial charge in [0.25, 0.3) is 0 Å². The second-order valence-electron chi connectivity index (χ2n) is 6.85. The molecule has 0 aromatic carbocycles. The molecule has 2 N–H and O–H groups in total. The van der Waals surface area contributed by atoms with Crippen LogP contribution in [-0.4, -0.2) is 53.8 Å². The standard InChI is InChI=1S/C19H32N4O2/c1-4-19(15-24)9-11-23(12-10-19)18(25)21-14-16-7-8-17(20-13-16)22(5-2)6-3/h7-8,13,24H,4-6,9-12,14-15H2,1-3H3,(H,21,25). The molecule has 0 saturated carbocycles. The smallest absolute Gasteiger partial charge is 0.317 e. The van der Waals surface area contributed by atoms with Crippen molar-refractivity contribution in [2.75, 3.05) is 37.7 Å². The minimum absolute atomic E-state index is 0.000953. The van der Waals surface area contributed by atoms with Gasteiger partial charge in [-0.3, -0.25) is 0 Å². The van der Waals surface area contributed by atoms with Crippen LogP contribution in [0.25, 0.3) is 0 Å². The quantitative estimate of drug-likeness (QED) is 0.795. The Kier molecular flexibility index (Phi) is 7.05. The molecule has 0 unspecified atom stereocenters. The molecule has 1 aliphatic heterocycles. The van der Waals surface area contributed by atoms with Gasteiger partial charge < -0.3 is 20.2 Å². The molecule has 140 valence electrons. The second kappa shape index (κ2) is 9.04. The Bertz CT molecular complexity index is 529. The van der Waals surface area contributed by atoms with Gasteiger partial charge in [-0.05, 0) is 50.2 Å². The summed E-state index contributed by atoms with van der Waals surface area (Å²) < 4.78 is 0. The molecule has 0 aliphatic carbocycles. The molecule has 0 radical (unpaired) electrons. The van der Waals surface area contributed by atoms with Crippen LogP contribution in [0.15, 0.2) is 18.3 Å². The summed E-state index contributed by atoms with van der Waals surface area (Å²) in [6.07, 6.45) is 4.53. The first-order valence-corrected chi connectivity index (χ1v) is 9.41. The van der Waals surface area contributed by atoms with E-state index in [1.807, 2.05) is 23.2 Å². The molecule has 2 heterocycles. The van der Waals surface area contributed by atoms with Gasteiger partial charge in [0.1, 0.15) is 5.82 Å². The van der Waals surface area contributed by atoms with Gasteiger partial charge in [-0.25, -0.2) is 9.78 Å². The third-order valence-corrected chi connectivity index (χ3v) is 5.54. The van der Waals surface area contributed by atoms with Crippen molar-refractivity contribution in [3.05, 3.63) is 23.9 Å². The van der Waals surface area contributed by atoms with Crippen LogP contribution in [0.4, 0.5) is 10.6 Å². The Balaban J connectivity index is 1.82. The van der Waals surface area contributed by atoms with E-state index in [4.69, 9.17) is 0 Å². The van der Waals surface area contributed by atoms with E-state index in [2.05, 4.69) is 36.0 Å². The van der Waals surface area contributed by atoms with Gasteiger partial charge in [0.2, 0.25) is 0 Å². The molecule has 1 aromatic heterocycles. The lowest BCUT2D eigenvalue weighted by Crippen LogP contribution is -2.48. The molecule has 6 nitrogen and oxygen atoms in total. The van der Waals surface area contributed by atoms with Crippen molar-refractivity contribution in [3.63, 3.8) is 0 Å². The molecular weight excluding hydrogens is 316 g/mol. The Morgan fingerprint density at radius 2 is 1.96 bits per heavy atom. The van der Waals surface area contributed by atoms with E-state index in [-0.39, 0.29) is 18.1 Å². The summed E-state index contributed by atoms with van der Waals surface area (Å²) in [5, 5.41) is 12.6. The third-order valence-electron chi connectivity index (χ3n) is 5.54.